The Morgan fingerprint density at radius 1 is 1.26 bits per heavy atom. The molecule has 1 aliphatic heterocycles. The Morgan fingerprint density at radius 3 is 2.89 bits per heavy atom. The van der Waals surface area contributed by atoms with Crippen LogP contribution >= 0.6 is 0 Å². The SMILES string of the molecule is CNC[C@@H]1Cc2cccc(-c3cccc(F)c3)c2O1. The van der Waals surface area contributed by atoms with Gasteiger partial charge in [0.25, 0.3) is 0 Å². The Balaban J connectivity index is 2.00. The molecule has 2 aromatic carbocycles. The highest BCUT2D eigenvalue weighted by molar-refractivity contribution is 5.73. The lowest BCUT2D eigenvalue weighted by Gasteiger charge is -2.12. The molecular weight excluding hydrogens is 241 g/mol. The summed E-state index contributed by atoms with van der Waals surface area (Å²) in [5.41, 5.74) is 3.03. The molecule has 0 saturated carbocycles. The molecule has 1 atom stereocenters. The molecule has 0 fully saturated rings. The molecule has 19 heavy (non-hydrogen) atoms. The average molecular weight is 257 g/mol. The number of rotatable bonds is 3. The van der Waals surface area contributed by atoms with Crippen LogP contribution in [0.3, 0.4) is 0 Å². The first kappa shape index (κ1) is 12.2. The van der Waals surface area contributed by atoms with Gasteiger partial charge in [-0.25, -0.2) is 4.39 Å². The standard InChI is InChI=1S/C16H16FNO/c1-18-10-14-9-12-5-3-7-15(16(12)19-14)11-4-2-6-13(17)8-11/h2-8,14,18H,9-10H2,1H3/t14-/m0/s1. The molecule has 1 N–H and O–H groups in total. The minimum atomic E-state index is -0.222. The molecular formula is C16H16FNO. The molecule has 0 aliphatic carbocycles. The molecule has 1 aliphatic rings. The molecule has 0 saturated heterocycles. The van der Waals surface area contributed by atoms with Gasteiger partial charge in [0.15, 0.2) is 0 Å². The summed E-state index contributed by atoms with van der Waals surface area (Å²) in [6.07, 6.45) is 1.06. The van der Waals surface area contributed by atoms with E-state index >= 15 is 0 Å². The van der Waals surface area contributed by atoms with Crippen molar-refractivity contribution in [2.45, 2.75) is 12.5 Å². The molecule has 1 heterocycles. The van der Waals surface area contributed by atoms with Gasteiger partial charge in [-0.3, -0.25) is 0 Å². The number of para-hydroxylation sites is 1. The molecule has 0 aromatic heterocycles. The largest absolute Gasteiger partial charge is 0.488 e. The summed E-state index contributed by atoms with van der Waals surface area (Å²) in [6.45, 7) is 0.817. The van der Waals surface area contributed by atoms with Crippen molar-refractivity contribution in [2.75, 3.05) is 13.6 Å². The average Bonchev–Trinajstić information content (AvgIpc) is 2.81. The number of hydrogen-bond acceptors (Lipinski definition) is 2. The van der Waals surface area contributed by atoms with Crippen molar-refractivity contribution in [3.63, 3.8) is 0 Å². The highest BCUT2D eigenvalue weighted by Crippen LogP contribution is 2.38. The maximum absolute atomic E-state index is 13.4. The van der Waals surface area contributed by atoms with Crippen molar-refractivity contribution < 1.29 is 9.13 Å². The zero-order valence-electron chi connectivity index (χ0n) is 10.8. The van der Waals surface area contributed by atoms with Crippen LogP contribution in [0, 0.1) is 5.82 Å². The molecule has 3 rings (SSSR count). The Hall–Kier alpha value is -1.87. The lowest BCUT2D eigenvalue weighted by molar-refractivity contribution is 0.232. The van der Waals surface area contributed by atoms with Crippen LogP contribution in [-0.2, 0) is 6.42 Å². The van der Waals surface area contributed by atoms with Gasteiger partial charge < -0.3 is 10.1 Å². The van der Waals surface area contributed by atoms with E-state index in [1.54, 1.807) is 12.1 Å². The highest BCUT2D eigenvalue weighted by atomic mass is 19.1. The molecule has 2 aromatic rings. The number of nitrogens with one attached hydrogen (secondary N) is 1. The van der Waals surface area contributed by atoms with Crippen LogP contribution in [0.4, 0.5) is 4.39 Å². The van der Waals surface area contributed by atoms with Crippen LogP contribution in [0.15, 0.2) is 42.5 Å². The van der Waals surface area contributed by atoms with E-state index in [2.05, 4.69) is 11.4 Å². The van der Waals surface area contributed by atoms with Gasteiger partial charge in [0, 0.05) is 18.5 Å². The minimum Gasteiger partial charge on any atom is -0.488 e. The summed E-state index contributed by atoms with van der Waals surface area (Å²) in [6, 6.07) is 12.7. The monoisotopic (exact) mass is 257 g/mol. The van der Waals surface area contributed by atoms with Crippen molar-refractivity contribution in [2.24, 2.45) is 0 Å². The number of ether oxygens (including phenoxy) is 1. The summed E-state index contributed by atoms with van der Waals surface area (Å²) in [5, 5.41) is 3.13. The van der Waals surface area contributed by atoms with E-state index in [0.717, 1.165) is 29.8 Å². The van der Waals surface area contributed by atoms with Crippen LogP contribution < -0.4 is 10.1 Å². The van der Waals surface area contributed by atoms with E-state index < -0.39 is 0 Å². The smallest absolute Gasteiger partial charge is 0.130 e. The molecule has 0 amide bonds. The van der Waals surface area contributed by atoms with Gasteiger partial charge in [0.2, 0.25) is 0 Å². The molecule has 2 nitrogen and oxygen atoms in total. The third-order valence-electron chi connectivity index (χ3n) is 3.40. The Labute approximate surface area is 112 Å². The summed E-state index contributed by atoms with van der Waals surface area (Å²) >= 11 is 0. The second-order valence-corrected chi connectivity index (χ2v) is 4.81. The van der Waals surface area contributed by atoms with Gasteiger partial charge in [0.05, 0.1) is 0 Å². The number of fused-ring (bicyclic) bond motifs is 1. The maximum atomic E-state index is 13.4. The van der Waals surface area contributed by atoms with Gasteiger partial charge in [-0.05, 0) is 30.3 Å². The summed E-state index contributed by atoms with van der Waals surface area (Å²) in [7, 11) is 1.92. The second kappa shape index (κ2) is 5.02. The molecule has 0 spiro atoms. The van der Waals surface area contributed by atoms with Gasteiger partial charge in [0.1, 0.15) is 17.7 Å². The third kappa shape index (κ3) is 2.34. The molecule has 0 bridgehead atoms. The van der Waals surface area contributed by atoms with Crippen molar-refractivity contribution in [1.29, 1.82) is 0 Å². The van der Waals surface area contributed by atoms with Crippen LogP contribution in [-0.4, -0.2) is 19.7 Å². The lowest BCUT2D eigenvalue weighted by atomic mass is 10.0. The number of hydrogen-bond donors (Lipinski definition) is 1. The highest BCUT2D eigenvalue weighted by Gasteiger charge is 2.25. The quantitative estimate of drug-likeness (QED) is 0.912. The van der Waals surface area contributed by atoms with Crippen molar-refractivity contribution in [1.82, 2.24) is 5.32 Å². The Morgan fingerprint density at radius 2 is 2.11 bits per heavy atom. The predicted molar refractivity (Wildman–Crippen MR) is 73.9 cm³/mol. The number of halogens is 1. The fourth-order valence-corrected chi connectivity index (χ4v) is 2.56. The molecule has 3 heteroatoms. The van der Waals surface area contributed by atoms with E-state index in [1.807, 2.05) is 25.2 Å². The normalized spacial score (nSPS) is 17.1. The minimum absolute atomic E-state index is 0.162. The first-order valence-corrected chi connectivity index (χ1v) is 6.47. The first-order valence-electron chi connectivity index (χ1n) is 6.47. The fourth-order valence-electron chi connectivity index (χ4n) is 2.56. The van der Waals surface area contributed by atoms with E-state index in [0.29, 0.717) is 0 Å². The van der Waals surface area contributed by atoms with Crippen LogP contribution in [0.2, 0.25) is 0 Å². The topological polar surface area (TPSA) is 21.3 Å². The summed E-state index contributed by atoms with van der Waals surface area (Å²) in [5.74, 6) is 0.674. The molecule has 98 valence electrons. The van der Waals surface area contributed by atoms with Gasteiger partial charge in [-0.15, -0.1) is 0 Å². The fraction of sp³-hybridized carbons (Fsp3) is 0.250. The zero-order valence-corrected chi connectivity index (χ0v) is 10.8. The van der Waals surface area contributed by atoms with E-state index in [1.165, 1.54) is 11.6 Å². The Bertz CT molecular complexity index is 597. The number of likely N-dealkylation sites (N-methyl/N-ethyl adjacent to an activating group) is 1. The summed E-state index contributed by atoms with van der Waals surface area (Å²) < 4.78 is 19.3. The predicted octanol–water partition coefficient (Wildman–Crippen LogP) is 3.02. The molecule has 0 unspecified atom stereocenters. The van der Waals surface area contributed by atoms with Crippen LogP contribution in [0.5, 0.6) is 5.75 Å². The van der Waals surface area contributed by atoms with Gasteiger partial charge in [-0.2, -0.15) is 0 Å². The Kier molecular flexibility index (Phi) is 3.22. The van der Waals surface area contributed by atoms with Crippen molar-refractivity contribution >= 4 is 0 Å². The second-order valence-electron chi connectivity index (χ2n) is 4.81. The zero-order chi connectivity index (χ0) is 13.2. The van der Waals surface area contributed by atoms with Crippen molar-refractivity contribution in [3.05, 3.63) is 53.8 Å². The maximum Gasteiger partial charge on any atom is 0.130 e. The van der Waals surface area contributed by atoms with Gasteiger partial charge >= 0.3 is 0 Å². The number of benzene rings is 2. The summed E-state index contributed by atoms with van der Waals surface area (Å²) in [4.78, 5) is 0. The molecule has 0 radical (unpaired) electrons. The lowest BCUT2D eigenvalue weighted by Crippen LogP contribution is -2.27. The third-order valence-corrected chi connectivity index (χ3v) is 3.40. The van der Waals surface area contributed by atoms with Gasteiger partial charge in [-0.1, -0.05) is 30.3 Å². The van der Waals surface area contributed by atoms with E-state index in [-0.39, 0.29) is 11.9 Å². The van der Waals surface area contributed by atoms with Crippen LogP contribution in [0.25, 0.3) is 11.1 Å². The van der Waals surface area contributed by atoms with E-state index in [4.69, 9.17) is 4.74 Å². The van der Waals surface area contributed by atoms with Crippen LogP contribution in [0.1, 0.15) is 5.56 Å². The van der Waals surface area contributed by atoms with Crippen molar-refractivity contribution in [3.8, 4) is 16.9 Å². The van der Waals surface area contributed by atoms with E-state index in [9.17, 15) is 4.39 Å². The first-order chi connectivity index (χ1) is 9.28.